The van der Waals surface area contributed by atoms with Gasteiger partial charge < -0.3 is 19.1 Å². The van der Waals surface area contributed by atoms with Crippen LogP contribution in [-0.4, -0.2) is 29.9 Å². The monoisotopic (exact) mass is 289 g/mol. The molecule has 0 amide bonds. The maximum atomic E-state index is 11.3. The highest BCUT2D eigenvalue weighted by Crippen LogP contribution is 2.34. The molecule has 2 aromatic rings. The highest BCUT2D eigenvalue weighted by atomic mass is 16.5. The van der Waals surface area contributed by atoms with Crippen LogP contribution in [-0.2, 0) is 4.79 Å². The molecule has 5 heteroatoms. The lowest BCUT2D eigenvalue weighted by molar-refractivity contribution is -0.140. The van der Waals surface area contributed by atoms with Crippen LogP contribution < -0.4 is 9.47 Å². The maximum absolute atomic E-state index is 11.3. The minimum Gasteiger partial charge on any atom is -0.493 e. The number of hydrogen-bond donors (Lipinski definition) is 1. The fraction of sp³-hybridized carbons (Fsp3) is 0.312. The summed E-state index contributed by atoms with van der Waals surface area (Å²) in [5.41, 5.74) is 2.73. The van der Waals surface area contributed by atoms with Crippen molar-refractivity contribution >= 4 is 5.97 Å². The van der Waals surface area contributed by atoms with E-state index in [0.29, 0.717) is 11.5 Å². The molecule has 0 aliphatic carbocycles. The second-order valence-corrected chi connectivity index (χ2v) is 4.89. The molecule has 0 spiro atoms. The third-order valence-electron chi connectivity index (χ3n) is 3.44. The average Bonchev–Trinajstić information content (AvgIpc) is 2.87. The van der Waals surface area contributed by atoms with Gasteiger partial charge in [-0.2, -0.15) is 0 Å². The predicted octanol–water partition coefficient (Wildman–Crippen LogP) is 3.13. The summed E-state index contributed by atoms with van der Waals surface area (Å²) in [7, 11) is 3.16. The number of nitrogens with zero attached hydrogens (tertiary/aromatic N) is 1. The second kappa shape index (κ2) is 5.91. The van der Waals surface area contributed by atoms with Crippen molar-refractivity contribution in [2.24, 2.45) is 0 Å². The smallest absolute Gasteiger partial charge is 0.326 e. The molecule has 0 aliphatic rings. The zero-order valence-electron chi connectivity index (χ0n) is 12.6. The summed E-state index contributed by atoms with van der Waals surface area (Å²) in [4.78, 5) is 11.3. The number of carboxylic acids is 1. The summed E-state index contributed by atoms with van der Waals surface area (Å²) < 4.78 is 12.3. The standard InChI is InChI=1S/C16H19NO4/c1-10-7-13(17(9-10)11(2)16(18)19)12-5-6-14(20-3)15(8-12)21-4/h5-9,11H,1-4H3,(H,18,19). The van der Waals surface area contributed by atoms with Gasteiger partial charge in [-0.15, -0.1) is 0 Å². The molecular formula is C16H19NO4. The number of methoxy groups -OCH3 is 2. The SMILES string of the molecule is COc1ccc(-c2cc(C)cn2C(C)C(=O)O)cc1OC. The molecule has 112 valence electrons. The van der Waals surface area contributed by atoms with Gasteiger partial charge in [-0.05, 0) is 43.7 Å². The van der Waals surface area contributed by atoms with Gasteiger partial charge in [-0.3, -0.25) is 0 Å². The van der Waals surface area contributed by atoms with Gasteiger partial charge in [0.1, 0.15) is 6.04 Å². The molecule has 1 unspecified atom stereocenters. The van der Waals surface area contributed by atoms with Crippen molar-refractivity contribution in [3.8, 4) is 22.8 Å². The van der Waals surface area contributed by atoms with E-state index in [1.54, 1.807) is 25.7 Å². The largest absolute Gasteiger partial charge is 0.493 e. The van der Waals surface area contributed by atoms with Gasteiger partial charge in [0.2, 0.25) is 0 Å². The molecule has 2 rings (SSSR count). The summed E-state index contributed by atoms with van der Waals surface area (Å²) >= 11 is 0. The molecule has 1 aromatic heterocycles. The number of ether oxygens (including phenoxy) is 2. The van der Waals surface area contributed by atoms with Crippen LogP contribution in [0.5, 0.6) is 11.5 Å². The Morgan fingerprint density at radius 1 is 1.19 bits per heavy atom. The van der Waals surface area contributed by atoms with Crippen LogP contribution in [0.2, 0.25) is 0 Å². The molecule has 1 aromatic carbocycles. The first kappa shape index (κ1) is 15.0. The number of aliphatic carboxylic acids is 1. The third-order valence-corrected chi connectivity index (χ3v) is 3.44. The van der Waals surface area contributed by atoms with E-state index in [4.69, 9.17) is 9.47 Å². The summed E-state index contributed by atoms with van der Waals surface area (Å²) in [5.74, 6) is 0.387. The Hall–Kier alpha value is -2.43. The maximum Gasteiger partial charge on any atom is 0.326 e. The highest BCUT2D eigenvalue weighted by Gasteiger charge is 2.18. The number of aromatic nitrogens is 1. The first-order valence-corrected chi connectivity index (χ1v) is 6.61. The van der Waals surface area contributed by atoms with E-state index in [9.17, 15) is 9.90 Å². The highest BCUT2D eigenvalue weighted by molar-refractivity contribution is 5.74. The van der Waals surface area contributed by atoms with Gasteiger partial charge in [-0.1, -0.05) is 0 Å². The second-order valence-electron chi connectivity index (χ2n) is 4.89. The van der Waals surface area contributed by atoms with E-state index >= 15 is 0 Å². The van der Waals surface area contributed by atoms with E-state index in [1.807, 2.05) is 37.4 Å². The lowest BCUT2D eigenvalue weighted by Gasteiger charge is -2.15. The molecule has 5 nitrogen and oxygen atoms in total. The van der Waals surface area contributed by atoms with Crippen LogP contribution in [0.15, 0.2) is 30.5 Å². The average molecular weight is 289 g/mol. The Morgan fingerprint density at radius 3 is 2.43 bits per heavy atom. The van der Waals surface area contributed by atoms with Crippen molar-refractivity contribution in [2.45, 2.75) is 19.9 Å². The van der Waals surface area contributed by atoms with E-state index in [2.05, 4.69) is 0 Å². The Morgan fingerprint density at radius 2 is 1.86 bits per heavy atom. The quantitative estimate of drug-likeness (QED) is 0.918. The summed E-state index contributed by atoms with van der Waals surface area (Å²) in [6.45, 7) is 3.60. The number of carboxylic acid groups (broad SMARTS) is 1. The number of rotatable bonds is 5. The van der Waals surface area contributed by atoms with Gasteiger partial charge in [0.05, 0.1) is 14.2 Å². The summed E-state index contributed by atoms with van der Waals surface area (Å²) in [5, 5.41) is 9.23. The molecule has 1 atom stereocenters. The molecule has 0 saturated heterocycles. The Bertz CT molecular complexity index is 660. The van der Waals surface area contributed by atoms with Crippen LogP contribution in [0.1, 0.15) is 18.5 Å². The van der Waals surface area contributed by atoms with Gasteiger partial charge >= 0.3 is 5.97 Å². The number of aryl methyl sites for hydroxylation is 1. The van der Waals surface area contributed by atoms with E-state index in [-0.39, 0.29) is 0 Å². The van der Waals surface area contributed by atoms with Crippen molar-refractivity contribution in [1.29, 1.82) is 0 Å². The van der Waals surface area contributed by atoms with Crippen molar-refractivity contribution in [3.05, 3.63) is 36.0 Å². The molecular weight excluding hydrogens is 270 g/mol. The minimum atomic E-state index is -0.868. The van der Waals surface area contributed by atoms with Crippen LogP contribution in [0.3, 0.4) is 0 Å². The van der Waals surface area contributed by atoms with Crippen molar-refractivity contribution in [2.75, 3.05) is 14.2 Å². The van der Waals surface area contributed by atoms with Crippen LogP contribution >= 0.6 is 0 Å². The van der Waals surface area contributed by atoms with E-state index in [0.717, 1.165) is 16.8 Å². The van der Waals surface area contributed by atoms with E-state index < -0.39 is 12.0 Å². The Labute approximate surface area is 123 Å². The third kappa shape index (κ3) is 2.86. The first-order valence-electron chi connectivity index (χ1n) is 6.61. The fourth-order valence-corrected chi connectivity index (χ4v) is 2.28. The first-order chi connectivity index (χ1) is 9.97. The normalized spacial score (nSPS) is 12.0. The topological polar surface area (TPSA) is 60.7 Å². The van der Waals surface area contributed by atoms with Crippen molar-refractivity contribution in [3.63, 3.8) is 0 Å². The lowest BCUT2D eigenvalue weighted by Crippen LogP contribution is -2.15. The molecule has 1 heterocycles. The Kier molecular flexibility index (Phi) is 4.21. The van der Waals surface area contributed by atoms with Gasteiger partial charge in [0.25, 0.3) is 0 Å². The Balaban J connectivity index is 2.54. The van der Waals surface area contributed by atoms with E-state index in [1.165, 1.54) is 0 Å². The van der Waals surface area contributed by atoms with Gasteiger partial charge in [-0.25, -0.2) is 4.79 Å². The molecule has 0 radical (unpaired) electrons. The van der Waals surface area contributed by atoms with Crippen molar-refractivity contribution < 1.29 is 19.4 Å². The summed E-state index contributed by atoms with van der Waals surface area (Å²) in [6, 6.07) is 6.87. The molecule has 1 N–H and O–H groups in total. The molecule has 21 heavy (non-hydrogen) atoms. The zero-order valence-corrected chi connectivity index (χ0v) is 12.6. The van der Waals surface area contributed by atoms with Crippen molar-refractivity contribution in [1.82, 2.24) is 4.57 Å². The fourth-order valence-electron chi connectivity index (χ4n) is 2.28. The zero-order chi connectivity index (χ0) is 15.6. The molecule has 0 aliphatic heterocycles. The molecule has 0 fully saturated rings. The van der Waals surface area contributed by atoms with Crippen LogP contribution in [0.4, 0.5) is 0 Å². The molecule has 0 bridgehead atoms. The minimum absolute atomic E-state index is 0.614. The van der Waals surface area contributed by atoms with Crippen LogP contribution in [0, 0.1) is 6.92 Å². The summed E-state index contributed by atoms with van der Waals surface area (Å²) in [6.07, 6.45) is 1.84. The molecule has 0 saturated carbocycles. The number of hydrogen-bond acceptors (Lipinski definition) is 3. The predicted molar refractivity (Wildman–Crippen MR) is 80.1 cm³/mol. The number of carbonyl (C=O) groups is 1. The lowest BCUT2D eigenvalue weighted by atomic mass is 10.1. The van der Waals surface area contributed by atoms with Crippen LogP contribution in [0.25, 0.3) is 11.3 Å². The number of benzene rings is 1. The van der Waals surface area contributed by atoms with Gasteiger partial charge in [0, 0.05) is 17.5 Å². The van der Waals surface area contributed by atoms with Gasteiger partial charge in [0.15, 0.2) is 11.5 Å².